The van der Waals surface area contributed by atoms with E-state index < -0.39 is 43.3 Å². The number of hydrogen-bond acceptors (Lipinski definition) is 8. The molecule has 0 saturated carbocycles. The summed E-state index contributed by atoms with van der Waals surface area (Å²) in [5.41, 5.74) is -4.33. The molecule has 0 aromatic heterocycles. The van der Waals surface area contributed by atoms with Crippen LogP contribution >= 0.6 is 0 Å². The van der Waals surface area contributed by atoms with E-state index in [1.54, 1.807) is 55.4 Å². The minimum absolute atomic E-state index is 0. The van der Waals surface area contributed by atoms with Crippen molar-refractivity contribution in [2.45, 2.75) is 164 Å². The van der Waals surface area contributed by atoms with Gasteiger partial charge in [0, 0.05) is 21.7 Å². The van der Waals surface area contributed by atoms with Crippen LogP contribution in [-0.2, 0) is 38.4 Å². The van der Waals surface area contributed by atoms with Crippen LogP contribution in [0.15, 0.2) is 0 Å². The fourth-order valence-electron chi connectivity index (χ4n) is 2.60. The first-order valence-corrected chi connectivity index (χ1v) is 17.9. The third-order valence-corrected chi connectivity index (χ3v) is 7.65. The minimum Gasteiger partial charge on any atom is -0.331 e. The van der Waals surface area contributed by atoms with Gasteiger partial charge in [0.1, 0.15) is 46.3 Å². The summed E-state index contributed by atoms with van der Waals surface area (Å²) in [7, 11) is 0. The minimum atomic E-state index is -0.652. The molecule has 0 unspecified atom stereocenters. The van der Waals surface area contributed by atoms with Gasteiger partial charge in [0.25, 0.3) is 0 Å². The molecule has 0 aliphatic heterocycles. The molecule has 0 N–H and O–H groups in total. The monoisotopic (exact) mass is 872 g/mol. The summed E-state index contributed by atoms with van der Waals surface area (Å²) >= 11 is 0. The van der Waals surface area contributed by atoms with Gasteiger partial charge in [0.05, 0.1) is 25.7 Å². The molecule has 0 rings (SSSR count). The van der Waals surface area contributed by atoms with E-state index in [4.69, 9.17) is 0 Å². The summed E-state index contributed by atoms with van der Waals surface area (Å²) in [4.78, 5) is 91.6. The van der Waals surface area contributed by atoms with Crippen LogP contribution in [0.1, 0.15) is 164 Å². The molecule has 0 atom stereocenters. The first-order chi connectivity index (χ1) is 22.2. The van der Waals surface area contributed by atoms with Gasteiger partial charge in [-0.05, 0) is 0 Å². The van der Waals surface area contributed by atoms with Gasteiger partial charge < -0.3 is 46.9 Å². The predicted octanol–water partition coefficient (Wildman–Crippen LogP) is 9.68. The fourth-order valence-corrected chi connectivity index (χ4v) is 2.60. The molecular weight excluding hydrogens is 797 g/mol. The molecule has 0 amide bonds. The average Bonchev–Trinajstić information content (AvgIpc) is 2.85. The summed E-state index contributed by atoms with van der Waals surface area (Å²) in [6.07, 6.45) is -0.000000000000000888. The van der Waals surface area contributed by atoms with Crippen molar-refractivity contribution >= 4 is 46.3 Å². The molecular formula is C44H76CeO8. The van der Waals surface area contributed by atoms with Crippen molar-refractivity contribution in [3.05, 3.63) is 27.7 Å². The molecule has 8 nitrogen and oxygen atoms in total. The van der Waals surface area contributed by atoms with Crippen molar-refractivity contribution in [3.63, 3.8) is 0 Å². The van der Waals surface area contributed by atoms with E-state index in [1.165, 1.54) is 0 Å². The second kappa shape index (κ2) is 22.5. The normalized spacial score (nSPS) is 12.5. The van der Waals surface area contributed by atoms with Crippen molar-refractivity contribution in [3.8, 4) is 0 Å². The van der Waals surface area contributed by atoms with E-state index in [0.29, 0.717) is 0 Å². The van der Waals surface area contributed by atoms with Crippen LogP contribution in [0.3, 0.4) is 0 Å². The Morgan fingerprint density at radius 1 is 0.264 bits per heavy atom. The van der Waals surface area contributed by atoms with Gasteiger partial charge in [0.15, 0.2) is 0 Å². The average molecular weight is 873 g/mol. The Balaban J connectivity index is -0.000000192. The van der Waals surface area contributed by atoms with Crippen LogP contribution in [-0.4, -0.2) is 46.3 Å². The third-order valence-electron chi connectivity index (χ3n) is 7.65. The molecule has 0 aliphatic rings. The zero-order valence-corrected chi connectivity index (χ0v) is 40.6. The molecule has 0 aliphatic carbocycles. The molecule has 304 valence electrons. The third kappa shape index (κ3) is 30.6. The Kier molecular flexibility index (Phi) is 25.8. The Hall–Kier alpha value is -1.26. The number of rotatable bonds is 12. The predicted molar refractivity (Wildman–Crippen MR) is 213 cm³/mol. The first-order valence-electron chi connectivity index (χ1n) is 17.9. The number of carbonyl (C=O) groups excluding carboxylic acids is 8. The summed E-state index contributed by atoms with van der Waals surface area (Å²) in [6.45, 7) is 50.5. The number of hydrogen-bond donors (Lipinski definition) is 0. The van der Waals surface area contributed by atoms with Crippen LogP contribution in [0.2, 0.25) is 0 Å². The molecule has 0 bridgehead atoms. The molecule has 0 heterocycles. The fraction of sp³-hybridized carbons (Fsp3) is 0.727. The van der Waals surface area contributed by atoms with Crippen LogP contribution in [0, 0.1) is 113 Å². The Labute approximate surface area is 359 Å². The molecule has 0 spiro atoms. The summed E-state index contributed by atoms with van der Waals surface area (Å²) < 4.78 is 0. The van der Waals surface area contributed by atoms with Crippen molar-refractivity contribution in [1.82, 2.24) is 0 Å². The van der Waals surface area contributed by atoms with Crippen molar-refractivity contribution < 1.29 is 80.1 Å². The quantitative estimate of drug-likeness (QED) is 0.140. The summed E-state index contributed by atoms with van der Waals surface area (Å²) in [5.74, 6) is -0.438. The van der Waals surface area contributed by atoms with E-state index in [1.807, 2.05) is 83.1 Å². The van der Waals surface area contributed by atoms with E-state index in [-0.39, 0.29) is 114 Å². The number of Topliss-reactive ketones (excluding diaryl/α,β-unsaturated/α-hetero) is 8. The van der Waals surface area contributed by atoms with Crippen LogP contribution in [0.25, 0.3) is 0 Å². The molecule has 0 aromatic carbocycles. The van der Waals surface area contributed by atoms with E-state index in [0.717, 1.165) is 0 Å². The van der Waals surface area contributed by atoms with E-state index in [2.05, 4.69) is 27.7 Å². The SMILES string of the molecule is [CH2-]C(C)(C)C(=O)CC(=O)C(C)(C)C.[CH2-]C(C)(C)C(=O)CC(=O)C(C)(C)C.[CH2-]C(C)(C)C(=O)CC(=O)C(C)(C)C.[CH2-]C(C)(C)C(=O)CC(=O)C(C)(C)C.[Ce+4]. The van der Waals surface area contributed by atoms with Crippen molar-refractivity contribution in [1.29, 1.82) is 0 Å². The van der Waals surface area contributed by atoms with Crippen LogP contribution in [0.4, 0.5) is 0 Å². The number of carbonyl (C=O) groups is 8. The van der Waals surface area contributed by atoms with Gasteiger partial charge >= 0.3 is 41.7 Å². The van der Waals surface area contributed by atoms with Gasteiger partial charge in [-0.3, -0.25) is 19.2 Å². The van der Waals surface area contributed by atoms with Gasteiger partial charge in [-0.2, -0.15) is 0 Å². The van der Waals surface area contributed by atoms with Gasteiger partial charge in [-0.25, -0.2) is 0 Å². The Bertz CT molecular complexity index is 964. The maximum absolute atomic E-state index is 11.5. The van der Waals surface area contributed by atoms with Crippen molar-refractivity contribution in [2.75, 3.05) is 0 Å². The van der Waals surface area contributed by atoms with Crippen LogP contribution in [0.5, 0.6) is 0 Å². The molecule has 0 fully saturated rings. The van der Waals surface area contributed by atoms with E-state index >= 15 is 0 Å². The molecule has 0 radical (unpaired) electrons. The smallest absolute Gasteiger partial charge is 0.331 e. The molecule has 9 heteroatoms. The zero-order chi connectivity index (χ0) is 43.4. The molecule has 0 aromatic rings. The van der Waals surface area contributed by atoms with Crippen molar-refractivity contribution in [2.24, 2.45) is 43.3 Å². The zero-order valence-electron chi connectivity index (χ0n) is 37.4. The van der Waals surface area contributed by atoms with Crippen LogP contribution < -0.4 is 0 Å². The van der Waals surface area contributed by atoms with Gasteiger partial charge in [0.2, 0.25) is 0 Å². The maximum Gasteiger partial charge on any atom is 4.00 e. The standard InChI is InChI=1S/4C11H19O2.Ce/c4*1-10(2,3)8(12)7-9(13)11(4,5)6;/h4*1,7H2,2-6H3;/q4*-1;+4. The second-order valence-corrected chi connectivity index (χ2v) is 20.6. The Morgan fingerprint density at radius 2 is 0.358 bits per heavy atom. The van der Waals surface area contributed by atoms with Gasteiger partial charge in [-0.1, -0.05) is 138 Å². The largest absolute Gasteiger partial charge is 4.00 e. The summed E-state index contributed by atoms with van der Waals surface area (Å²) in [5, 5.41) is 0. The second-order valence-electron chi connectivity index (χ2n) is 20.6. The molecule has 53 heavy (non-hydrogen) atoms. The van der Waals surface area contributed by atoms with E-state index in [9.17, 15) is 38.4 Å². The first kappa shape index (κ1) is 61.0. The topological polar surface area (TPSA) is 137 Å². The summed E-state index contributed by atoms with van der Waals surface area (Å²) in [6, 6.07) is 0. The molecule has 0 saturated heterocycles. The van der Waals surface area contributed by atoms with Gasteiger partial charge in [-0.15, -0.1) is 21.7 Å². The maximum atomic E-state index is 11.5. The Morgan fingerprint density at radius 3 is 0.415 bits per heavy atom. The number of ketones is 8.